The van der Waals surface area contributed by atoms with Crippen LogP contribution in [-0.2, 0) is 11.3 Å². The maximum absolute atomic E-state index is 12.4. The summed E-state index contributed by atoms with van der Waals surface area (Å²) in [6, 6.07) is 5.39. The van der Waals surface area contributed by atoms with E-state index in [4.69, 9.17) is 5.11 Å². The molecule has 18 heavy (non-hydrogen) atoms. The van der Waals surface area contributed by atoms with Gasteiger partial charge in [0.2, 0.25) is 0 Å². The number of nitrogens with zero attached hydrogens (tertiary/aromatic N) is 1. The van der Waals surface area contributed by atoms with Crippen molar-refractivity contribution in [3.05, 3.63) is 35.4 Å². The van der Waals surface area contributed by atoms with Crippen LogP contribution in [0.25, 0.3) is 0 Å². The number of hydrogen-bond acceptors (Lipinski definition) is 2. The number of benzene rings is 1. The van der Waals surface area contributed by atoms with E-state index in [1.807, 2.05) is 0 Å². The molecule has 0 heterocycles. The average molecular weight is 257 g/mol. The molecule has 0 bridgehead atoms. The highest BCUT2D eigenvalue weighted by atomic mass is 19.3. The first-order chi connectivity index (χ1) is 8.45. The smallest absolute Gasteiger partial charge is 0.320 e. The van der Waals surface area contributed by atoms with Gasteiger partial charge < -0.3 is 5.11 Å². The molecule has 0 amide bonds. The lowest BCUT2D eigenvalue weighted by Crippen LogP contribution is -2.37. The fourth-order valence-corrected chi connectivity index (χ4v) is 1.84. The molecule has 0 aliphatic carbocycles. The first-order valence-corrected chi connectivity index (χ1v) is 5.75. The number of halogens is 2. The van der Waals surface area contributed by atoms with Gasteiger partial charge in [-0.1, -0.05) is 31.2 Å². The Kier molecular flexibility index (Phi) is 5.22. The summed E-state index contributed by atoms with van der Waals surface area (Å²) in [5, 5.41) is 9.00. The molecule has 1 aromatic rings. The highest BCUT2D eigenvalue weighted by molar-refractivity contribution is 5.73. The fourth-order valence-electron chi connectivity index (χ4n) is 1.84. The summed E-state index contributed by atoms with van der Waals surface area (Å²) < 4.78 is 24.7. The molecule has 0 aliphatic heterocycles. The Labute approximate surface area is 105 Å². The van der Waals surface area contributed by atoms with Crippen molar-refractivity contribution in [3.8, 4) is 0 Å². The molecule has 1 N–H and O–H groups in total. The van der Waals surface area contributed by atoms with Crippen LogP contribution in [0.1, 0.15) is 30.9 Å². The Morgan fingerprint density at radius 3 is 2.28 bits per heavy atom. The van der Waals surface area contributed by atoms with E-state index >= 15 is 0 Å². The third-order valence-electron chi connectivity index (χ3n) is 2.87. The molecule has 3 nitrogen and oxygen atoms in total. The summed E-state index contributed by atoms with van der Waals surface area (Å²) >= 11 is 0. The van der Waals surface area contributed by atoms with Crippen LogP contribution in [-0.4, -0.2) is 29.1 Å². The molecule has 100 valence electrons. The highest BCUT2D eigenvalue weighted by Crippen LogP contribution is 2.19. The predicted octanol–water partition coefficient (Wildman–Crippen LogP) is 2.92. The van der Waals surface area contributed by atoms with E-state index in [9.17, 15) is 13.6 Å². The molecule has 1 rings (SSSR count). The zero-order valence-corrected chi connectivity index (χ0v) is 10.4. The molecule has 0 aromatic heterocycles. The molecular formula is C13H17F2NO2. The van der Waals surface area contributed by atoms with Crippen LogP contribution in [0.3, 0.4) is 0 Å². The van der Waals surface area contributed by atoms with E-state index in [2.05, 4.69) is 0 Å². The predicted molar refractivity (Wildman–Crippen MR) is 64.6 cm³/mol. The van der Waals surface area contributed by atoms with E-state index in [1.165, 1.54) is 12.1 Å². The normalized spacial score (nSPS) is 13.0. The number of likely N-dealkylation sites (N-methyl/N-ethyl adjacent to an activating group) is 1. The van der Waals surface area contributed by atoms with Gasteiger partial charge in [0.05, 0.1) is 0 Å². The quantitative estimate of drug-likeness (QED) is 0.851. The molecular weight excluding hydrogens is 240 g/mol. The summed E-state index contributed by atoms with van der Waals surface area (Å²) in [7, 11) is 1.71. The van der Waals surface area contributed by atoms with E-state index in [1.54, 1.807) is 31.0 Å². The number of carboxylic acid groups (broad SMARTS) is 1. The van der Waals surface area contributed by atoms with Crippen molar-refractivity contribution < 1.29 is 18.7 Å². The van der Waals surface area contributed by atoms with E-state index in [0.29, 0.717) is 13.0 Å². The molecule has 0 spiro atoms. The van der Waals surface area contributed by atoms with Gasteiger partial charge >= 0.3 is 5.97 Å². The van der Waals surface area contributed by atoms with Crippen LogP contribution >= 0.6 is 0 Å². The van der Waals surface area contributed by atoms with Crippen molar-refractivity contribution in [2.45, 2.75) is 32.4 Å². The Bertz CT molecular complexity index is 392. The van der Waals surface area contributed by atoms with Crippen molar-refractivity contribution >= 4 is 5.97 Å². The molecule has 5 heteroatoms. The van der Waals surface area contributed by atoms with Crippen molar-refractivity contribution in [1.82, 2.24) is 4.90 Å². The molecule has 0 fully saturated rings. The second kappa shape index (κ2) is 6.44. The molecule has 1 aromatic carbocycles. The van der Waals surface area contributed by atoms with Gasteiger partial charge in [-0.2, -0.15) is 0 Å². The first kappa shape index (κ1) is 14.6. The largest absolute Gasteiger partial charge is 0.480 e. The number of carbonyl (C=O) groups is 1. The summed E-state index contributed by atoms with van der Waals surface area (Å²) in [5.74, 6) is -0.871. The summed E-state index contributed by atoms with van der Waals surface area (Å²) in [6.45, 7) is 2.23. The molecule has 0 radical (unpaired) electrons. The minimum Gasteiger partial charge on any atom is -0.480 e. The van der Waals surface area contributed by atoms with Crippen molar-refractivity contribution in [2.75, 3.05) is 7.05 Å². The minimum absolute atomic E-state index is 0.0216. The number of hydrogen-bond donors (Lipinski definition) is 1. The summed E-state index contributed by atoms with van der Waals surface area (Å²) in [4.78, 5) is 12.7. The Morgan fingerprint density at radius 2 is 1.89 bits per heavy atom. The number of rotatable bonds is 6. The third-order valence-corrected chi connectivity index (χ3v) is 2.87. The monoisotopic (exact) mass is 257 g/mol. The zero-order valence-electron chi connectivity index (χ0n) is 10.4. The molecule has 0 saturated heterocycles. The lowest BCUT2D eigenvalue weighted by Gasteiger charge is -2.23. The molecule has 1 unspecified atom stereocenters. The summed E-state index contributed by atoms with van der Waals surface area (Å²) in [6.07, 6.45) is -1.97. The second-order valence-electron chi connectivity index (χ2n) is 4.22. The van der Waals surface area contributed by atoms with Gasteiger partial charge in [0, 0.05) is 12.1 Å². The van der Waals surface area contributed by atoms with Gasteiger partial charge in [-0.25, -0.2) is 8.78 Å². The van der Waals surface area contributed by atoms with Gasteiger partial charge in [-0.15, -0.1) is 0 Å². The van der Waals surface area contributed by atoms with Crippen LogP contribution < -0.4 is 0 Å². The van der Waals surface area contributed by atoms with Crippen LogP contribution in [0.15, 0.2) is 24.3 Å². The highest BCUT2D eigenvalue weighted by Gasteiger charge is 2.20. The van der Waals surface area contributed by atoms with Crippen LogP contribution in [0.2, 0.25) is 0 Å². The van der Waals surface area contributed by atoms with E-state index < -0.39 is 18.4 Å². The van der Waals surface area contributed by atoms with Gasteiger partial charge in [-0.3, -0.25) is 9.69 Å². The van der Waals surface area contributed by atoms with Crippen molar-refractivity contribution in [3.63, 3.8) is 0 Å². The van der Waals surface area contributed by atoms with E-state index in [-0.39, 0.29) is 5.56 Å². The maximum Gasteiger partial charge on any atom is 0.320 e. The third kappa shape index (κ3) is 3.77. The lowest BCUT2D eigenvalue weighted by atomic mass is 10.1. The standard InChI is InChI=1S/C13H17F2NO2/c1-3-11(13(17)18)16(2)8-9-4-6-10(7-5-9)12(14)15/h4-7,11-12H,3,8H2,1-2H3,(H,17,18). The number of carboxylic acids is 1. The van der Waals surface area contributed by atoms with Gasteiger partial charge in [0.25, 0.3) is 6.43 Å². The first-order valence-electron chi connectivity index (χ1n) is 5.75. The van der Waals surface area contributed by atoms with Crippen LogP contribution in [0.4, 0.5) is 8.78 Å². The van der Waals surface area contributed by atoms with Crippen molar-refractivity contribution in [1.29, 1.82) is 0 Å². The summed E-state index contributed by atoms with van der Waals surface area (Å²) in [5.41, 5.74) is 0.799. The maximum atomic E-state index is 12.4. The van der Waals surface area contributed by atoms with Gasteiger partial charge in [0.15, 0.2) is 0 Å². The fraction of sp³-hybridized carbons (Fsp3) is 0.462. The second-order valence-corrected chi connectivity index (χ2v) is 4.22. The Hall–Kier alpha value is -1.49. The molecule has 1 atom stereocenters. The van der Waals surface area contributed by atoms with Gasteiger partial charge in [0.1, 0.15) is 6.04 Å². The SMILES string of the molecule is CCC(C(=O)O)N(C)Cc1ccc(C(F)F)cc1. The van der Waals surface area contributed by atoms with Crippen LogP contribution in [0.5, 0.6) is 0 Å². The number of aliphatic carboxylic acids is 1. The number of alkyl halides is 2. The topological polar surface area (TPSA) is 40.5 Å². The Balaban J connectivity index is 2.69. The Morgan fingerprint density at radius 1 is 1.33 bits per heavy atom. The lowest BCUT2D eigenvalue weighted by molar-refractivity contribution is -0.143. The van der Waals surface area contributed by atoms with Crippen molar-refractivity contribution in [2.24, 2.45) is 0 Å². The minimum atomic E-state index is -2.47. The zero-order chi connectivity index (χ0) is 13.7. The van der Waals surface area contributed by atoms with Crippen LogP contribution in [0, 0.1) is 0 Å². The molecule has 0 aliphatic rings. The van der Waals surface area contributed by atoms with E-state index in [0.717, 1.165) is 5.56 Å². The van der Waals surface area contributed by atoms with Gasteiger partial charge in [-0.05, 0) is 19.0 Å². The molecule has 0 saturated carbocycles. The average Bonchev–Trinajstić information content (AvgIpc) is 2.29.